The zero-order valence-corrected chi connectivity index (χ0v) is 9.08. The van der Waals surface area contributed by atoms with Gasteiger partial charge in [-0.3, -0.25) is 5.10 Å². The summed E-state index contributed by atoms with van der Waals surface area (Å²) in [4.78, 5) is 5.26. The highest BCUT2D eigenvalue weighted by Crippen LogP contribution is 2.24. The van der Waals surface area contributed by atoms with E-state index in [9.17, 15) is 0 Å². The number of hydrogen-bond acceptors (Lipinski definition) is 4. The zero-order chi connectivity index (χ0) is 10.7. The molecule has 5 heteroatoms. The molecule has 4 nitrogen and oxygen atoms in total. The Morgan fingerprint density at radius 1 is 1.33 bits per heavy atom. The van der Waals surface area contributed by atoms with Gasteiger partial charge in [0.25, 0.3) is 0 Å². The quantitative estimate of drug-likeness (QED) is 0.829. The van der Waals surface area contributed by atoms with Crippen LogP contribution in [0, 0.1) is 6.92 Å². The summed E-state index contributed by atoms with van der Waals surface area (Å²) < 4.78 is 0. The van der Waals surface area contributed by atoms with Gasteiger partial charge in [-0.2, -0.15) is 0 Å². The van der Waals surface area contributed by atoms with E-state index in [4.69, 9.17) is 5.11 Å². The maximum Gasteiger partial charge on any atom is 0.213 e. The Balaban J connectivity index is 2.11. The maximum absolute atomic E-state index is 8.89. The molecule has 0 bridgehead atoms. The molecule has 0 spiro atoms. The van der Waals surface area contributed by atoms with Crippen molar-refractivity contribution in [3.63, 3.8) is 0 Å². The molecule has 0 unspecified atom stereocenters. The fourth-order valence-corrected chi connectivity index (χ4v) is 1.89. The van der Waals surface area contributed by atoms with Crippen LogP contribution in [-0.4, -0.2) is 20.3 Å². The standard InChI is InChI=1S/C10H11N3OS/c1-7-11-10(13-12-7)15-9-4-2-8(6-14)3-5-9/h2-5,14H,6H2,1H3,(H,11,12,13). The molecule has 0 aliphatic carbocycles. The predicted octanol–water partition coefficient (Wildman–Crippen LogP) is 1.76. The summed E-state index contributed by atoms with van der Waals surface area (Å²) >= 11 is 1.49. The first kappa shape index (κ1) is 10.2. The molecule has 0 radical (unpaired) electrons. The van der Waals surface area contributed by atoms with Crippen molar-refractivity contribution in [2.24, 2.45) is 0 Å². The van der Waals surface area contributed by atoms with E-state index in [1.54, 1.807) is 0 Å². The first-order valence-electron chi connectivity index (χ1n) is 4.54. The summed E-state index contributed by atoms with van der Waals surface area (Å²) in [6.07, 6.45) is 0. The number of aromatic nitrogens is 3. The second-order valence-corrected chi connectivity index (χ2v) is 4.15. The number of nitrogens with zero attached hydrogens (tertiary/aromatic N) is 2. The van der Waals surface area contributed by atoms with Gasteiger partial charge in [0.15, 0.2) is 0 Å². The number of H-pyrrole nitrogens is 1. The molecule has 1 heterocycles. The van der Waals surface area contributed by atoms with Gasteiger partial charge in [0.2, 0.25) is 5.16 Å². The SMILES string of the molecule is Cc1nc(Sc2ccc(CO)cc2)n[nH]1. The fraction of sp³-hybridized carbons (Fsp3) is 0.200. The maximum atomic E-state index is 8.89. The van der Waals surface area contributed by atoms with Crippen LogP contribution in [0.2, 0.25) is 0 Å². The smallest absolute Gasteiger partial charge is 0.213 e. The number of nitrogens with one attached hydrogen (secondary N) is 1. The van der Waals surface area contributed by atoms with Crippen molar-refractivity contribution >= 4 is 11.8 Å². The Kier molecular flexibility index (Phi) is 3.03. The van der Waals surface area contributed by atoms with Gasteiger partial charge < -0.3 is 5.11 Å². The molecular formula is C10H11N3OS. The lowest BCUT2D eigenvalue weighted by molar-refractivity contribution is 0.282. The second kappa shape index (κ2) is 4.46. The molecule has 15 heavy (non-hydrogen) atoms. The highest BCUT2D eigenvalue weighted by molar-refractivity contribution is 7.99. The molecule has 0 saturated heterocycles. The zero-order valence-electron chi connectivity index (χ0n) is 8.27. The Hall–Kier alpha value is -1.33. The van der Waals surface area contributed by atoms with Gasteiger partial charge in [-0.1, -0.05) is 12.1 Å². The largest absolute Gasteiger partial charge is 0.392 e. The van der Waals surface area contributed by atoms with E-state index in [1.165, 1.54) is 11.8 Å². The summed E-state index contributed by atoms with van der Waals surface area (Å²) in [5, 5.41) is 16.4. The Labute approximate surface area is 91.8 Å². The van der Waals surface area contributed by atoms with Crippen LogP contribution < -0.4 is 0 Å². The average molecular weight is 221 g/mol. The van der Waals surface area contributed by atoms with E-state index < -0.39 is 0 Å². The number of aryl methyl sites for hydroxylation is 1. The minimum Gasteiger partial charge on any atom is -0.392 e. The molecule has 2 N–H and O–H groups in total. The molecule has 0 fully saturated rings. The Morgan fingerprint density at radius 3 is 2.60 bits per heavy atom. The van der Waals surface area contributed by atoms with Crippen LogP contribution in [0.15, 0.2) is 34.3 Å². The topological polar surface area (TPSA) is 61.8 Å². The highest BCUT2D eigenvalue weighted by atomic mass is 32.2. The van der Waals surface area contributed by atoms with Crippen molar-refractivity contribution in [3.05, 3.63) is 35.7 Å². The number of benzene rings is 1. The molecule has 78 valence electrons. The first-order valence-corrected chi connectivity index (χ1v) is 5.36. The summed E-state index contributed by atoms with van der Waals surface area (Å²) in [6, 6.07) is 7.67. The molecule has 0 aliphatic rings. The number of aliphatic hydroxyl groups excluding tert-OH is 1. The van der Waals surface area contributed by atoms with Crippen LogP contribution in [-0.2, 0) is 6.61 Å². The van der Waals surface area contributed by atoms with E-state index in [0.717, 1.165) is 16.3 Å². The highest BCUT2D eigenvalue weighted by Gasteiger charge is 2.02. The van der Waals surface area contributed by atoms with Crippen molar-refractivity contribution in [2.45, 2.75) is 23.6 Å². The van der Waals surface area contributed by atoms with Crippen LogP contribution in [0.4, 0.5) is 0 Å². The minimum absolute atomic E-state index is 0.0741. The van der Waals surface area contributed by atoms with Gasteiger partial charge in [-0.15, -0.1) is 5.10 Å². The van der Waals surface area contributed by atoms with Crippen LogP contribution in [0.3, 0.4) is 0 Å². The van der Waals surface area contributed by atoms with E-state index in [2.05, 4.69) is 15.2 Å². The molecule has 1 aromatic heterocycles. The molecular weight excluding hydrogens is 210 g/mol. The lowest BCUT2D eigenvalue weighted by atomic mass is 10.2. The molecule has 2 rings (SSSR count). The average Bonchev–Trinajstić information content (AvgIpc) is 2.65. The molecule has 1 aromatic carbocycles. The van der Waals surface area contributed by atoms with Gasteiger partial charge in [0.05, 0.1) is 6.61 Å². The molecule has 0 amide bonds. The van der Waals surface area contributed by atoms with Gasteiger partial charge in [0.1, 0.15) is 5.82 Å². The van der Waals surface area contributed by atoms with E-state index >= 15 is 0 Å². The summed E-state index contributed by atoms with van der Waals surface area (Å²) in [5.41, 5.74) is 0.908. The molecule has 0 saturated carbocycles. The number of aromatic amines is 1. The van der Waals surface area contributed by atoms with Gasteiger partial charge in [0, 0.05) is 4.90 Å². The number of hydrogen-bond donors (Lipinski definition) is 2. The monoisotopic (exact) mass is 221 g/mol. The second-order valence-electron chi connectivity index (χ2n) is 3.11. The van der Waals surface area contributed by atoms with Crippen molar-refractivity contribution in [1.29, 1.82) is 0 Å². The van der Waals surface area contributed by atoms with Crippen molar-refractivity contribution < 1.29 is 5.11 Å². The fourth-order valence-electron chi connectivity index (χ4n) is 1.14. The summed E-state index contributed by atoms with van der Waals surface area (Å²) in [7, 11) is 0. The van der Waals surface area contributed by atoms with Gasteiger partial charge >= 0.3 is 0 Å². The lowest BCUT2D eigenvalue weighted by Gasteiger charge is -1.98. The Morgan fingerprint density at radius 2 is 2.07 bits per heavy atom. The van der Waals surface area contributed by atoms with Gasteiger partial charge in [-0.05, 0) is 36.4 Å². The third-order valence-corrected chi connectivity index (χ3v) is 2.76. The number of rotatable bonds is 3. The van der Waals surface area contributed by atoms with E-state index in [-0.39, 0.29) is 6.61 Å². The van der Waals surface area contributed by atoms with Crippen LogP contribution in [0.1, 0.15) is 11.4 Å². The lowest BCUT2D eigenvalue weighted by Crippen LogP contribution is -1.82. The van der Waals surface area contributed by atoms with Crippen molar-refractivity contribution in [2.75, 3.05) is 0 Å². The molecule has 2 aromatic rings. The minimum atomic E-state index is 0.0741. The first-order chi connectivity index (χ1) is 7.28. The van der Waals surface area contributed by atoms with E-state index in [1.807, 2.05) is 31.2 Å². The van der Waals surface area contributed by atoms with Gasteiger partial charge in [-0.25, -0.2) is 4.98 Å². The van der Waals surface area contributed by atoms with E-state index in [0.29, 0.717) is 5.16 Å². The van der Waals surface area contributed by atoms with Crippen LogP contribution in [0.25, 0.3) is 0 Å². The van der Waals surface area contributed by atoms with Crippen LogP contribution in [0.5, 0.6) is 0 Å². The summed E-state index contributed by atoms with van der Waals surface area (Å²) in [6.45, 7) is 1.94. The summed E-state index contributed by atoms with van der Waals surface area (Å²) in [5.74, 6) is 0.810. The Bertz CT molecular complexity index is 438. The molecule has 0 atom stereocenters. The van der Waals surface area contributed by atoms with Crippen LogP contribution >= 0.6 is 11.8 Å². The number of aliphatic hydroxyl groups is 1. The van der Waals surface area contributed by atoms with Crippen molar-refractivity contribution in [3.8, 4) is 0 Å². The third kappa shape index (κ3) is 2.57. The predicted molar refractivity (Wildman–Crippen MR) is 57.6 cm³/mol. The third-order valence-electron chi connectivity index (χ3n) is 1.89. The van der Waals surface area contributed by atoms with Crippen molar-refractivity contribution in [1.82, 2.24) is 15.2 Å². The normalized spacial score (nSPS) is 10.5. The molecule has 0 aliphatic heterocycles.